The van der Waals surface area contributed by atoms with Gasteiger partial charge in [0.2, 0.25) is 5.91 Å². The van der Waals surface area contributed by atoms with Crippen molar-refractivity contribution in [3.05, 3.63) is 64.8 Å². The second kappa shape index (κ2) is 6.84. The second-order valence-corrected chi connectivity index (χ2v) is 7.40. The van der Waals surface area contributed by atoms with Crippen molar-refractivity contribution in [1.29, 1.82) is 0 Å². The molecule has 2 aliphatic rings. The number of H-pyrrole nitrogens is 1. The summed E-state index contributed by atoms with van der Waals surface area (Å²) >= 11 is 0. The predicted octanol–water partition coefficient (Wildman–Crippen LogP) is 2.77. The Morgan fingerprint density at radius 1 is 1.20 bits per heavy atom. The van der Waals surface area contributed by atoms with E-state index in [0.29, 0.717) is 27.7 Å². The topological polar surface area (TPSA) is 113 Å². The van der Waals surface area contributed by atoms with Crippen molar-refractivity contribution < 1.29 is 19.1 Å². The number of hydrazone groups is 1. The molecule has 0 spiro atoms. The van der Waals surface area contributed by atoms with Gasteiger partial charge in [-0.2, -0.15) is 5.10 Å². The zero-order chi connectivity index (χ0) is 20.8. The molecule has 3 aromatic rings. The number of methoxy groups -OCH3 is 1. The Bertz CT molecular complexity index is 1230. The molecule has 5 rings (SSSR count). The van der Waals surface area contributed by atoms with Crippen LogP contribution in [-0.4, -0.2) is 36.1 Å². The van der Waals surface area contributed by atoms with Gasteiger partial charge in [0.25, 0.3) is 5.91 Å². The number of rotatable bonds is 4. The van der Waals surface area contributed by atoms with E-state index >= 15 is 0 Å². The van der Waals surface area contributed by atoms with Crippen LogP contribution < -0.4 is 10.7 Å². The largest absolute Gasteiger partial charge is 0.464 e. The van der Waals surface area contributed by atoms with Crippen LogP contribution in [0.1, 0.15) is 44.3 Å². The molecule has 2 amide bonds. The molecule has 1 aromatic heterocycles. The van der Waals surface area contributed by atoms with Gasteiger partial charge in [-0.15, -0.1) is 0 Å². The van der Waals surface area contributed by atoms with Crippen molar-refractivity contribution >= 4 is 40.6 Å². The summed E-state index contributed by atoms with van der Waals surface area (Å²) in [6, 6.07) is 13.2. The zero-order valence-corrected chi connectivity index (χ0v) is 16.1. The number of hydrogen-bond acceptors (Lipinski definition) is 5. The Labute approximate surface area is 171 Å². The minimum atomic E-state index is -0.567. The van der Waals surface area contributed by atoms with Crippen LogP contribution in [0.3, 0.4) is 0 Å². The van der Waals surface area contributed by atoms with E-state index in [1.165, 1.54) is 13.3 Å². The molecule has 2 atom stereocenters. The fourth-order valence-corrected chi connectivity index (χ4v) is 4.01. The first-order valence-corrected chi connectivity index (χ1v) is 9.54. The number of carbonyl (C=O) groups excluding carboxylic acids is 3. The molecule has 1 saturated carbocycles. The van der Waals surface area contributed by atoms with Crippen LogP contribution in [0.4, 0.5) is 5.69 Å². The molecule has 0 radical (unpaired) electrons. The third kappa shape index (κ3) is 2.93. The van der Waals surface area contributed by atoms with E-state index in [4.69, 9.17) is 4.74 Å². The maximum absolute atomic E-state index is 12.8. The van der Waals surface area contributed by atoms with Crippen molar-refractivity contribution in [2.75, 3.05) is 12.4 Å². The average Bonchev–Trinajstić information content (AvgIpc) is 3.51. The summed E-state index contributed by atoms with van der Waals surface area (Å²) in [4.78, 5) is 40.4. The molecule has 1 fully saturated rings. The minimum Gasteiger partial charge on any atom is -0.464 e. The van der Waals surface area contributed by atoms with Crippen LogP contribution in [0.15, 0.2) is 47.6 Å². The van der Waals surface area contributed by atoms with E-state index in [0.717, 1.165) is 12.0 Å². The predicted molar refractivity (Wildman–Crippen MR) is 111 cm³/mol. The smallest absolute Gasteiger partial charge is 0.355 e. The number of hydrogen-bond donors (Lipinski definition) is 3. The van der Waals surface area contributed by atoms with Gasteiger partial charge in [0, 0.05) is 28.1 Å². The van der Waals surface area contributed by atoms with Crippen molar-refractivity contribution in [3.8, 4) is 0 Å². The summed E-state index contributed by atoms with van der Waals surface area (Å²) in [5.41, 5.74) is 5.56. The molecule has 2 unspecified atom stereocenters. The van der Waals surface area contributed by atoms with Gasteiger partial charge in [-0.1, -0.05) is 30.3 Å². The lowest BCUT2D eigenvalue weighted by Crippen LogP contribution is -2.18. The quantitative estimate of drug-likeness (QED) is 0.583. The SMILES string of the molecule is COC(=O)c1[nH]c2cc(NC(=O)C3CC3c3ccccc3)cc3c2c1C=NNC3=O. The lowest BCUT2D eigenvalue weighted by molar-refractivity contribution is -0.117. The summed E-state index contributed by atoms with van der Waals surface area (Å²) in [5, 5.41) is 7.34. The molecule has 150 valence electrons. The summed E-state index contributed by atoms with van der Waals surface area (Å²) in [5.74, 6) is -0.988. The molecule has 0 bridgehead atoms. The summed E-state index contributed by atoms with van der Waals surface area (Å²) in [6.45, 7) is 0. The highest BCUT2D eigenvalue weighted by Gasteiger charge is 2.43. The van der Waals surface area contributed by atoms with E-state index in [-0.39, 0.29) is 23.4 Å². The van der Waals surface area contributed by atoms with Crippen LogP contribution in [0, 0.1) is 5.92 Å². The summed E-state index contributed by atoms with van der Waals surface area (Å²) in [6.07, 6.45) is 2.20. The molecular weight excluding hydrogens is 384 g/mol. The first kappa shape index (κ1) is 18.1. The molecule has 1 aliphatic heterocycles. The van der Waals surface area contributed by atoms with Gasteiger partial charge in [0.05, 0.1) is 18.9 Å². The number of aromatic amines is 1. The molecule has 2 aromatic carbocycles. The van der Waals surface area contributed by atoms with Crippen LogP contribution in [0.25, 0.3) is 10.9 Å². The first-order valence-electron chi connectivity index (χ1n) is 9.54. The van der Waals surface area contributed by atoms with Gasteiger partial charge in [-0.05, 0) is 30.0 Å². The Morgan fingerprint density at radius 2 is 2.00 bits per heavy atom. The van der Waals surface area contributed by atoms with E-state index in [9.17, 15) is 14.4 Å². The molecular formula is C22H18N4O4. The number of ether oxygens (including phenoxy) is 1. The highest BCUT2D eigenvalue weighted by Crippen LogP contribution is 2.48. The zero-order valence-electron chi connectivity index (χ0n) is 16.1. The average molecular weight is 402 g/mol. The number of benzene rings is 2. The number of nitrogens with one attached hydrogen (secondary N) is 3. The standard InChI is InChI=1S/C22H18N4O4/c1-30-22(29)19-16-10-23-26-21(28)15-7-12(8-17(25-19)18(15)16)24-20(27)14-9-13(14)11-5-3-2-4-6-11/h2-8,10,13-14,25H,9H2,1H3,(H,24,27)(H,26,28). The van der Waals surface area contributed by atoms with Crippen molar-refractivity contribution in [1.82, 2.24) is 10.4 Å². The van der Waals surface area contributed by atoms with Crippen molar-refractivity contribution in [3.63, 3.8) is 0 Å². The number of anilines is 1. The van der Waals surface area contributed by atoms with Crippen molar-refractivity contribution in [2.24, 2.45) is 11.0 Å². The summed E-state index contributed by atoms with van der Waals surface area (Å²) in [7, 11) is 1.28. The van der Waals surface area contributed by atoms with Crippen molar-refractivity contribution in [2.45, 2.75) is 12.3 Å². The maximum Gasteiger partial charge on any atom is 0.355 e. The third-order valence-corrected chi connectivity index (χ3v) is 5.55. The molecule has 30 heavy (non-hydrogen) atoms. The van der Waals surface area contributed by atoms with Crippen LogP contribution in [-0.2, 0) is 9.53 Å². The fourth-order valence-electron chi connectivity index (χ4n) is 4.01. The van der Waals surface area contributed by atoms with Gasteiger partial charge in [-0.3, -0.25) is 9.59 Å². The van der Waals surface area contributed by atoms with E-state index in [2.05, 4.69) is 20.8 Å². The van der Waals surface area contributed by atoms with E-state index in [1.54, 1.807) is 12.1 Å². The lowest BCUT2D eigenvalue weighted by Gasteiger charge is -2.08. The molecule has 1 aliphatic carbocycles. The maximum atomic E-state index is 12.8. The lowest BCUT2D eigenvalue weighted by atomic mass is 10.0. The van der Waals surface area contributed by atoms with Gasteiger partial charge in [0.1, 0.15) is 5.69 Å². The third-order valence-electron chi connectivity index (χ3n) is 5.55. The normalized spacial score (nSPS) is 19.2. The highest BCUT2D eigenvalue weighted by atomic mass is 16.5. The molecule has 8 nitrogen and oxygen atoms in total. The molecule has 0 saturated heterocycles. The molecule has 3 N–H and O–H groups in total. The second-order valence-electron chi connectivity index (χ2n) is 7.40. The Kier molecular flexibility index (Phi) is 4.13. The van der Waals surface area contributed by atoms with Crippen LogP contribution in [0.5, 0.6) is 0 Å². The number of aromatic nitrogens is 1. The Hall–Kier alpha value is -3.94. The van der Waals surface area contributed by atoms with E-state index < -0.39 is 11.9 Å². The Balaban J connectivity index is 1.48. The number of amides is 2. The molecule has 8 heteroatoms. The van der Waals surface area contributed by atoms with Gasteiger partial charge in [-0.25, -0.2) is 10.2 Å². The number of nitrogens with zero attached hydrogens (tertiary/aromatic N) is 1. The first-order chi connectivity index (χ1) is 14.6. The van der Waals surface area contributed by atoms with Gasteiger partial charge >= 0.3 is 5.97 Å². The molecule has 2 heterocycles. The number of carbonyl (C=O) groups is 3. The van der Waals surface area contributed by atoms with Gasteiger partial charge < -0.3 is 15.0 Å². The fraction of sp³-hybridized carbons (Fsp3) is 0.182. The minimum absolute atomic E-state index is 0.0966. The number of esters is 1. The highest BCUT2D eigenvalue weighted by molar-refractivity contribution is 6.19. The monoisotopic (exact) mass is 402 g/mol. The van der Waals surface area contributed by atoms with Crippen LogP contribution >= 0.6 is 0 Å². The van der Waals surface area contributed by atoms with Gasteiger partial charge in [0.15, 0.2) is 0 Å². The summed E-state index contributed by atoms with van der Waals surface area (Å²) < 4.78 is 4.82. The van der Waals surface area contributed by atoms with E-state index in [1.807, 2.05) is 30.3 Å². The van der Waals surface area contributed by atoms with Crippen LogP contribution in [0.2, 0.25) is 0 Å². The Morgan fingerprint density at radius 3 is 2.77 bits per heavy atom.